The zero-order valence-electron chi connectivity index (χ0n) is 13.1. The Morgan fingerprint density at radius 2 is 2.00 bits per heavy atom. The maximum absolute atomic E-state index is 12.1. The predicted molar refractivity (Wildman–Crippen MR) is 87.6 cm³/mol. The average molecular weight is 336 g/mol. The first kappa shape index (κ1) is 17.7. The van der Waals surface area contributed by atoms with Crippen LogP contribution >= 0.6 is 0 Å². The summed E-state index contributed by atoms with van der Waals surface area (Å²) in [6.45, 7) is 1.30. The van der Waals surface area contributed by atoms with E-state index < -0.39 is 22.8 Å². The van der Waals surface area contributed by atoms with Gasteiger partial charge in [-0.25, -0.2) is 0 Å². The summed E-state index contributed by atoms with van der Waals surface area (Å²) >= 11 is 0. The topological polar surface area (TPSA) is 139 Å². The Hall–Kier alpha value is -2.68. The van der Waals surface area contributed by atoms with Crippen LogP contribution in [-0.2, 0) is 9.59 Å². The van der Waals surface area contributed by atoms with Crippen molar-refractivity contribution in [3.63, 3.8) is 0 Å². The van der Waals surface area contributed by atoms with Crippen LogP contribution in [0.2, 0.25) is 0 Å². The number of nitro benzene ring substituents is 1. The molecule has 1 aromatic rings. The molecule has 130 valence electrons. The third-order valence-electron chi connectivity index (χ3n) is 4.01. The highest BCUT2D eigenvalue weighted by atomic mass is 16.6. The van der Waals surface area contributed by atoms with E-state index in [0.717, 1.165) is 25.3 Å². The molecule has 9 nitrogen and oxygen atoms in total. The number of carboxylic acids is 1. The summed E-state index contributed by atoms with van der Waals surface area (Å²) in [5.41, 5.74) is 5.40. The van der Waals surface area contributed by atoms with Gasteiger partial charge in [0.05, 0.1) is 11.3 Å². The van der Waals surface area contributed by atoms with Crippen LogP contribution < -0.4 is 11.1 Å². The standard InChI is InChI=1S/C15H20N4O5/c16-11-5-4-10(8-12(11)19(23)24)17-14(20)9-13(15(21)22)18-6-2-1-3-7-18/h4-5,8,13H,1-3,6-7,9,16H2,(H,17,20)(H,21,22). The first-order chi connectivity index (χ1) is 11.4. The van der Waals surface area contributed by atoms with Crippen LogP contribution in [0, 0.1) is 10.1 Å². The largest absolute Gasteiger partial charge is 0.480 e. The fourth-order valence-corrected chi connectivity index (χ4v) is 2.77. The number of anilines is 2. The van der Waals surface area contributed by atoms with Crippen LogP contribution in [0.25, 0.3) is 0 Å². The lowest BCUT2D eigenvalue weighted by Crippen LogP contribution is -2.45. The number of rotatable bonds is 6. The molecule has 2 rings (SSSR count). The Morgan fingerprint density at radius 1 is 1.33 bits per heavy atom. The van der Waals surface area contributed by atoms with Crippen LogP contribution in [-0.4, -0.2) is 45.9 Å². The zero-order valence-corrected chi connectivity index (χ0v) is 13.1. The fraction of sp³-hybridized carbons (Fsp3) is 0.467. The second-order valence-electron chi connectivity index (χ2n) is 5.73. The Kier molecular flexibility index (Phi) is 5.69. The normalized spacial score (nSPS) is 16.3. The maximum atomic E-state index is 12.1. The molecule has 1 atom stereocenters. The van der Waals surface area contributed by atoms with Crippen molar-refractivity contribution in [2.24, 2.45) is 0 Å². The maximum Gasteiger partial charge on any atom is 0.321 e. The molecule has 1 fully saturated rings. The number of nitrogens with two attached hydrogens (primary N) is 1. The van der Waals surface area contributed by atoms with Crippen molar-refractivity contribution < 1.29 is 19.6 Å². The summed E-state index contributed by atoms with van der Waals surface area (Å²) in [5.74, 6) is -1.55. The molecule has 0 bridgehead atoms. The van der Waals surface area contributed by atoms with Crippen LogP contribution in [0.4, 0.5) is 17.1 Å². The first-order valence-corrected chi connectivity index (χ1v) is 7.69. The Bertz CT molecular complexity index is 643. The molecule has 0 saturated carbocycles. The van der Waals surface area contributed by atoms with Gasteiger partial charge in [0.2, 0.25) is 5.91 Å². The van der Waals surface area contributed by atoms with Gasteiger partial charge in [-0.1, -0.05) is 6.42 Å². The van der Waals surface area contributed by atoms with E-state index in [9.17, 15) is 24.8 Å². The lowest BCUT2D eigenvalue weighted by molar-refractivity contribution is -0.383. The van der Waals surface area contributed by atoms with Crippen molar-refractivity contribution >= 4 is 28.9 Å². The number of piperidine rings is 1. The van der Waals surface area contributed by atoms with Crippen molar-refractivity contribution in [1.29, 1.82) is 0 Å². The van der Waals surface area contributed by atoms with Gasteiger partial charge in [0, 0.05) is 11.8 Å². The lowest BCUT2D eigenvalue weighted by Gasteiger charge is -2.31. The Morgan fingerprint density at radius 3 is 2.58 bits per heavy atom. The number of nitro groups is 1. The monoisotopic (exact) mass is 336 g/mol. The average Bonchev–Trinajstić information content (AvgIpc) is 2.54. The minimum Gasteiger partial charge on any atom is -0.480 e. The highest BCUT2D eigenvalue weighted by Crippen LogP contribution is 2.25. The molecule has 0 spiro atoms. The van der Waals surface area contributed by atoms with Crippen LogP contribution in [0.15, 0.2) is 18.2 Å². The fourth-order valence-electron chi connectivity index (χ4n) is 2.77. The minimum absolute atomic E-state index is 0.00488. The van der Waals surface area contributed by atoms with Gasteiger partial charge in [-0.15, -0.1) is 0 Å². The summed E-state index contributed by atoms with van der Waals surface area (Å²) in [5, 5.41) is 22.7. The number of hydrogen-bond acceptors (Lipinski definition) is 6. The third kappa shape index (κ3) is 4.42. The number of hydrogen-bond donors (Lipinski definition) is 3. The molecular weight excluding hydrogens is 316 g/mol. The quantitative estimate of drug-likeness (QED) is 0.406. The third-order valence-corrected chi connectivity index (χ3v) is 4.01. The summed E-state index contributed by atoms with van der Waals surface area (Å²) in [7, 11) is 0. The summed E-state index contributed by atoms with van der Waals surface area (Å²) < 4.78 is 0. The van der Waals surface area contributed by atoms with Crippen molar-refractivity contribution in [3.05, 3.63) is 28.3 Å². The van der Waals surface area contributed by atoms with Crippen LogP contribution in [0.3, 0.4) is 0 Å². The molecule has 0 aliphatic carbocycles. The van der Waals surface area contributed by atoms with E-state index >= 15 is 0 Å². The highest BCUT2D eigenvalue weighted by Gasteiger charge is 2.29. The number of carboxylic acid groups (broad SMARTS) is 1. The smallest absolute Gasteiger partial charge is 0.321 e. The Labute approximate surface area is 138 Å². The molecule has 1 amide bonds. The molecule has 9 heteroatoms. The van der Waals surface area contributed by atoms with Gasteiger partial charge in [-0.05, 0) is 38.1 Å². The highest BCUT2D eigenvalue weighted by molar-refractivity contribution is 5.94. The zero-order chi connectivity index (χ0) is 17.7. The van der Waals surface area contributed by atoms with E-state index in [4.69, 9.17) is 5.73 Å². The molecule has 1 heterocycles. The SMILES string of the molecule is Nc1ccc(NC(=O)CC(C(=O)O)N2CCCCC2)cc1[N+](=O)[O-]. The van der Waals surface area contributed by atoms with Crippen LogP contribution in [0.1, 0.15) is 25.7 Å². The number of nitrogens with zero attached hydrogens (tertiary/aromatic N) is 2. The van der Waals surface area contributed by atoms with E-state index in [1.807, 2.05) is 0 Å². The Balaban J connectivity index is 2.04. The van der Waals surface area contributed by atoms with E-state index in [2.05, 4.69) is 5.32 Å². The molecule has 1 unspecified atom stereocenters. The second kappa shape index (κ2) is 7.73. The van der Waals surface area contributed by atoms with Gasteiger partial charge >= 0.3 is 5.97 Å². The van der Waals surface area contributed by atoms with E-state index in [1.165, 1.54) is 12.1 Å². The lowest BCUT2D eigenvalue weighted by atomic mass is 10.1. The van der Waals surface area contributed by atoms with Crippen molar-refractivity contribution in [3.8, 4) is 0 Å². The van der Waals surface area contributed by atoms with Gasteiger partial charge in [0.25, 0.3) is 5.69 Å². The van der Waals surface area contributed by atoms with E-state index in [0.29, 0.717) is 13.1 Å². The second-order valence-corrected chi connectivity index (χ2v) is 5.73. The van der Waals surface area contributed by atoms with Gasteiger partial charge in [-0.3, -0.25) is 24.6 Å². The van der Waals surface area contributed by atoms with Crippen molar-refractivity contribution in [2.75, 3.05) is 24.1 Å². The molecular formula is C15H20N4O5. The van der Waals surface area contributed by atoms with Gasteiger partial charge in [-0.2, -0.15) is 0 Å². The van der Waals surface area contributed by atoms with E-state index in [1.54, 1.807) is 4.90 Å². The molecule has 4 N–H and O–H groups in total. The van der Waals surface area contributed by atoms with Gasteiger partial charge in [0.15, 0.2) is 0 Å². The molecule has 24 heavy (non-hydrogen) atoms. The molecule has 0 radical (unpaired) electrons. The van der Waals surface area contributed by atoms with Crippen molar-refractivity contribution in [1.82, 2.24) is 4.90 Å². The predicted octanol–water partition coefficient (Wildman–Crippen LogP) is 1.44. The minimum atomic E-state index is -1.05. The van der Waals surface area contributed by atoms with E-state index in [-0.39, 0.29) is 23.5 Å². The van der Waals surface area contributed by atoms with Crippen molar-refractivity contribution in [2.45, 2.75) is 31.7 Å². The molecule has 1 aromatic carbocycles. The first-order valence-electron chi connectivity index (χ1n) is 7.69. The van der Waals surface area contributed by atoms with Gasteiger partial charge < -0.3 is 16.2 Å². The number of carbonyl (C=O) groups is 2. The number of carbonyl (C=O) groups excluding carboxylic acids is 1. The summed E-state index contributed by atoms with van der Waals surface area (Å²) in [4.78, 5) is 35.6. The summed E-state index contributed by atoms with van der Waals surface area (Å²) in [6.07, 6.45) is 2.67. The van der Waals surface area contributed by atoms with Gasteiger partial charge in [0.1, 0.15) is 11.7 Å². The number of nitrogen functional groups attached to an aromatic ring is 1. The number of benzene rings is 1. The molecule has 1 saturated heterocycles. The molecule has 1 aliphatic rings. The number of likely N-dealkylation sites (tertiary alicyclic amines) is 1. The molecule has 1 aliphatic heterocycles. The summed E-state index contributed by atoms with van der Waals surface area (Å²) in [6, 6.07) is 3.03. The number of aliphatic carboxylic acids is 1. The number of amides is 1. The van der Waals surface area contributed by atoms with Crippen LogP contribution in [0.5, 0.6) is 0 Å². The molecule has 0 aromatic heterocycles. The number of nitrogens with one attached hydrogen (secondary N) is 1.